The van der Waals surface area contributed by atoms with Crippen molar-refractivity contribution in [2.45, 2.75) is 32.2 Å². The molecule has 0 unspecified atom stereocenters. The van der Waals surface area contributed by atoms with Crippen molar-refractivity contribution in [2.24, 2.45) is 0 Å². The second kappa shape index (κ2) is 3.56. The molecule has 0 aromatic rings. The van der Waals surface area contributed by atoms with Gasteiger partial charge in [0.1, 0.15) is 6.04 Å². The Morgan fingerprint density at radius 2 is 2.25 bits per heavy atom. The first kappa shape index (κ1) is 9.03. The molecule has 1 rings (SSSR count). The highest BCUT2D eigenvalue weighted by atomic mass is 16.4. The Hall–Kier alpha value is -1.06. The van der Waals surface area contributed by atoms with Crippen molar-refractivity contribution in [1.29, 1.82) is 0 Å². The van der Waals surface area contributed by atoms with E-state index in [1.807, 2.05) is 6.92 Å². The molecule has 1 aliphatic heterocycles. The van der Waals surface area contributed by atoms with Gasteiger partial charge in [0.25, 0.3) is 0 Å². The van der Waals surface area contributed by atoms with E-state index >= 15 is 0 Å². The molecule has 12 heavy (non-hydrogen) atoms. The van der Waals surface area contributed by atoms with Crippen LogP contribution in [0, 0.1) is 0 Å². The molecule has 0 aromatic carbocycles. The lowest BCUT2D eigenvalue weighted by Gasteiger charge is -2.37. The molecule has 0 radical (unpaired) electrons. The van der Waals surface area contributed by atoms with Gasteiger partial charge in [-0.25, -0.2) is 4.79 Å². The van der Waals surface area contributed by atoms with Gasteiger partial charge in [0.15, 0.2) is 0 Å². The van der Waals surface area contributed by atoms with E-state index in [1.54, 1.807) is 0 Å². The maximum Gasteiger partial charge on any atom is 0.326 e. The fraction of sp³-hybridized carbons (Fsp3) is 0.750. The molecule has 0 spiro atoms. The van der Waals surface area contributed by atoms with Crippen LogP contribution >= 0.6 is 0 Å². The number of likely N-dealkylation sites (tertiary alicyclic amines) is 1. The second-order valence-corrected chi connectivity index (χ2v) is 2.98. The molecular weight excluding hydrogens is 158 g/mol. The summed E-state index contributed by atoms with van der Waals surface area (Å²) in [5.41, 5.74) is 0. The number of carboxylic acids is 1. The third kappa shape index (κ3) is 1.57. The minimum Gasteiger partial charge on any atom is -0.480 e. The maximum atomic E-state index is 11.2. The molecule has 1 fully saturated rings. The molecule has 4 nitrogen and oxygen atoms in total. The van der Waals surface area contributed by atoms with E-state index < -0.39 is 12.0 Å². The monoisotopic (exact) mass is 171 g/mol. The fourth-order valence-electron chi connectivity index (χ4n) is 1.30. The zero-order valence-corrected chi connectivity index (χ0v) is 7.12. The van der Waals surface area contributed by atoms with Gasteiger partial charge in [-0.15, -0.1) is 0 Å². The Labute approximate surface area is 71.2 Å². The summed E-state index contributed by atoms with van der Waals surface area (Å²) in [4.78, 5) is 23.1. The van der Waals surface area contributed by atoms with Gasteiger partial charge in [0.05, 0.1) is 0 Å². The van der Waals surface area contributed by atoms with Gasteiger partial charge in [-0.1, -0.05) is 6.92 Å². The maximum absolute atomic E-state index is 11.2. The molecule has 68 valence electrons. The first-order chi connectivity index (χ1) is 5.66. The van der Waals surface area contributed by atoms with E-state index in [4.69, 9.17) is 5.11 Å². The third-order valence-corrected chi connectivity index (χ3v) is 2.09. The summed E-state index contributed by atoms with van der Waals surface area (Å²) < 4.78 is 0. The van der Waals surface area contributed by atoms with Crippen molar-refractivity contribution < 1.29 is 14.7 Å². The van der Waals surface area contributed by atoms with Crippen molar-refractivity contribution in [3.63, 3.8) is 0 Å². The normalized spacial score (nSPS) is 21.8. The fourth-order valence-corrected chi connectivity index (χ4v) is 1.30. The Kier molecular flexibility index (Phi) is 2.68. The smallest absolute Gasteiger partial charge is 0.326 e. The molecule has 0 bridgehead atoms. The molecule has 1 aliphatic rings. The van der Waals surface area contributed by atoms with Crippen LogP contribution in [0.15, 0.2) is 0 Å². The first-order valence-corrected chi connectivity index (χ1v) is 4.19. The number of hydrogen-bond acceptors (Lipinski definition) is 2. The molecule has 0 saturated carbocycles. The van der Waals surface area contributed by atoms with Gasteiger partial charge < -0.3 is 10.0 Å². The summed E-state index contributed by atoms with van der Waals surface area (Å²) in [5.74, 6) is -0.915. The number of hydrogen-bond donors (Lipinski definition) is 1. The molecule has 4 heteroatoms. The highest BCUT2D eigenvalue weighted by Gasteiger charge is 2.36. The number of carbonyl (C=O) groups is 2. The van der Waals surface area contributed by atoms with Crippen LogP contribution in [0.2, 0.25) is 0 Å². The molecule has 1 atom stereocenters. The van der Waals surface area contributed by atoms with Crippen LogP contribution < -0.4 is 0 Å². The summed E-state index contributed by atoms with van der Waals surface area (Å²) in [6.45, 7) is 2.52. The van der Waals surface area contributed by atoms with Crippen LogP contribution in [0.1, 0.15) is 26.2 Å². The number of carboxylic acid groups (broad SMARTS) is 1. The minimum atomic E-state index is -0.884. The van der Waals surface area contributed by atoms with Gasteiger partial charge in [0, 0.05) is 13.0 Å². The van der Waals surface area contributed by atoms with Gasteiger partial charge in [0.2, 0.25) is 5.91 Å². The minimum absolute atomic E-state index is 0.0313. The Morgan fingerprint density at radius 3 is 2.58 bits per heavy atom. The van der Waals surface area contributed by atoms with E-state index in [0.717, 1.165) is 6.42 Å². The molecule has 1 N–H and O–H groups in total. The van der Waals surface area contributed by atoms with E-state index in [-0.39, 0.29) is 5.91 Å². The lowest BCUT2D eigenvalue weighted by Crippen LogP contribution is -2.55. The van der Waals surface area contributed by atoms with Crippen LogP contribution in [-0.2, 0) is 9.59 Å². The lowest BCUT2D eigenvalue weighted by molar-refractivity contribution is -0.157. The highest BCUT2D eigenvalue weighted by molar-refractivity contribution is 5.85. The van der Waals surface area contributed by atoms with Gasteiger partial charge in [-0.2, -0.15) is 0 Å². The van der Waals surface area contributed by atoms with Crippen LogP contribution in [0.4, 0.5) is 0 Å². The third-order valence-electron chi connectivity index (χ3n) is 2.09. The molecule has 1 saturated heterocycles. The lowest BCUT2D eigenvalue weighted by atomic mass is 10.0. The van der Waals surface area contributed by atoms with Crippen molar-refractivity contribution in [3.8, 4) is 0 Å². The topological polar surface area (TPSA) is 57.6 Å². The van der Waals surface area contributed by atoms with E-state index in [0.29, 0.717) is 19.4 Å². The number of nitrogens with zero attached hydrogens (tertiary/aromatic N) is 1. The van der Waals surface area contributed by atoms with Crippen molar-refractivity contribution in [1.82, 2.24) is 4.90 Å². The molecule has 0 aromatic heterocycles. The summed E-state index contributed by atoms with van der Waals surface area (Å²) in [7, 11) is 0. The van der Waals surface area contributed by atoms with E-state index in [2.05, 4.69) is 0 Å². The molecule has 1 amide bonds. The Bertz CT molecular complexity index is 202. The van der Waals surface area contributed by atoms with Crippen LogP contribution in [0.25, 0.3) is 0 Å². The van der Waals surface area contributed by atoms with Crippen LogP contribution in [-0.4, -0.2) is 34.5 Å². The summed E-state index contributed by atoms with van der Waals surface area (Å²) in [6.07, 6.45) is 1.84. The van der Waals surface area contributed by atoms with Crippen LogP contribution in [0.3, 0.4) is 0 Å². The Morgan fingerprint density at radius 1 is 1.58 bits per heavy atom. The predicted molar refractivity (Wildman–Crippen MR) is 42.7 cm³/mol. The van der Waals surface area contributed by atoms with Gasteiger partial charge >= 0.3 is 5.97 Å². The molecule has 1 heterocycles. The summed E-state index contributed by atoms with van der Waals surface area (Å²) in [5, 5.41) is 8.63. The van der Waals surface area contributed by atoms with E-state index in [1.165, 1.54) is 4.90 Å². The summed E-state index contributed by atoms with van der Waals surface area (Å²) >= 11 is 0. The zero-order chi connectivity index (χ0) is 9.14. The Balaban J connectivity index is 2.43. The SMILES string of the molecule is CCCC(=O)N1CC[C@H]1C(=O)O. The number of aliphatic carboxylic acids is 1. The average Bonchev–Trinajstić information content (AvgIpc) is 1.82. The highest BCUT2D eigenvalue weighted by Crippen LogP contribution is 2.18. The van der Waals surface area contributed by atoms with Gasteiger partial charge in [-0.3, -0.25) is 4.79 Å². The molecule has 0 aliphatic carbocycles. The van der Waals surface area contributed by atoms with Crippen molar-refractivity contribution >= 4 is 11.9 Å². The average molecular weight is 171 g/mol. The van der Waals surface area contributed by atoms with Crippen molar-refractivity contribution in [2.75, 3.05) is 6.54 Å². The van der Waals surface area contributed by atoms with Gasteiger partial charge in [-0.05, 0) is 12.8 Å². The van der Waals surface area contributed by atoms with Crippen molar-refractivity contribution in [3.05, 3.63) is 0 Å². The predicted octanol–water partition coefficient (Wildman–Crippen LogP) is 0.472. The number of rotatable bonds is 3. The number of carbonyl (C=O) groups excluding carboxylic acids is 1. The van der Waals surface area contributed by atoms with Crippen LogP contribution in [0.5, 0.6) is 0 Å². The van der Waals surface area contributed by atoms with E-state index in [9.17, 15) is 9.59 Å². The quantitative estimate of drug-likeness (QED) is 0.671. The standard InChI is InChI=1S/C8H13NO3/c1-2-3-7(10)9-5-4-6(9)8(11)12/h6H,2-5H2,1H3,(H,11,12)/t6-/m0/s1. The largest absolute Gasteiger partial charge is 0.480 e. The molecular formula is C8H13NO3. The zero-order valence-electron chi connectivity index (χ0n) is 7.12. The first-order valence-electron chi connectivity index (χ1n) is 4.19. The number of amides is 1. The second-order valence-electron chi connectivity index (χ2n) is 2.98. The summed E-state index contributed by atoms with van der Waals surface area (Å²) in [6, 6.07) is -0.552.